The van der Waals surface area contributed by atoms with Crippen LogP contribution in [0.1, 0.15) is 50.0 Å². The highest BCUT2D eigenvalue weighted by atomic mass is 15.3. The van der Waals surface area contributed by atoms with Crippen LogP contribution in [0.15, 0.2) is 85.5 Å². The van der Waals surface area contributed by atoms with Crippen molar-refractivity contribution >= 4 is 0 Å². The number of piperazine rings is 1. The van der Waals surface area contributed by atoms with Gasteiger partial charge >= 0.3 is 0 Å². The zero-order valence-electron chi connectivity index (χ0n) is 21.2. The van der Waals surface area contributed by atoms with Crippen molar-refractivity contribution in [3.63, 3.8) is 0 Å². The molecule has 188 valence electrons. The maximum absolute atomic E-state index is 4.44. The summed E-state index contributed by atoms with van der Waals surface area (Å²) in [5.41, 5.74) is 2.39. The lowest BCUT2D eigenvalue weighted by molar-refractivity contribution is 0.0716. The fourth-order valence-corrected chi connectivity index (χ4v) is 5.41. The Labute approximate surface area is 214 Å². The van der Waals surface area contributed by atoms with Crippen molar-refractivity contribution in [1.82, 2.24) is 34.3 Å². The van der Waals surface area contributed by atoms with Gasteiger partial charge in [0.2, 0.25) is 0 Å². The zero-order valence-corrected chi connectivity index (χ0v) is 21.2. The number of rotatable bonds is 6. The van der Waals surface area contributed by atoms with Gasteiger partial charge in [-0.1, -0.05) is 61.4 Å². The third kappa shape index (κ3) is 6.09. The molecule has 2 aliphatic rings. The van der Waals surface area contributed by atoms with E-state index in [0.29, 0.717) is 6.04 Å². The quantitative estimate of drug-likeness (QED) is 0.394. The molecule has 0 N–H and O–H groups in total. The van der Waals surface area contributed by atoms with E-state index in [1.165, 1.54) is 44.3 Å². The molecule has 2 aromatic carbocycles. The van der Waals surface area contributed by atoms with Crippen LogP contribution in [0.2, 0.25) is 0 Å². The summed E-state index contributed by atoms with van der Waals surface area (Å²) in [6.07, 6.45) is 11.2. The van der Waals surface area contributed by atoms with Crippen LogP contribution < -0.4 is 0 Å². The van der Waals surface area contributed by atoms with Crippen molar-refractivity contribution in [3.8, 4) is 5.69 Å². The maximum atomic E-state index is 4.44. The number of aromatic nitrogens is 5. The van der Waals surface area contributed by atoms with Gasteiger partial charge in [0.25, 0.3) is 0 Å². The Bertz CT molecular complexity index is 1140. The van der Waals surface area contributed by atoms with Gasteiger partial charge in [-0.2, -0.15) is 5.10 Å². The predicted molar refractivity (Wildman–Crippen MR) is 143 cm³/mol. The molecule has 1 aliphatic heterocycles. The van der Waals surface area contributed by atoms with Gasteiger partial charge in [0.1, 0.15) is 12.2 Å². The maximum Gasteiger partial charge on any atom is 0.150 e. The minimum absolute atomic E-state index is 0.317. The van der Waals surface area contributed by atoms with Gasteiger partial charge < -0.3 is 4.57 Å². The molecular weight excluding hydrogens is 446 g/mol. The van der Waals surface area contributed by atoms with Gasteiger partial charge in [0, 0.05) is 44.6 Å². The Kier molecular flexibility index (Phi) is 8.20. The molecule has 6 rings (SSSR count). The first-order valence-corrected chi connectivity index (χ1v) is 13.2. The molecule has 4 aromatic rings. The minimum atomic E-state index is 0.317. The second kappa shape index (κ2) is 12.1. The van der Waals surface area contributed by atoms with Crippen molar-refractivity contribution < 1.29 is 0 Å². The van der Waals surface area contributed by atoms with Crippen LogP contribution in [0.4, 0.5) is 0 Å². The summed E-state index contributed by atoms with van der Waals surface area (Å²) < 4.78 is 4.03. The van der Waals surface area contributed by atoms with Crippen LogP contribution in [0.3, 0.4) is 0 Å². The third-order valence-corrected chi connectivity index (χ3v) is 7.48. The predicted octanol–water partition coefficient (Wildman–Crippen LogP) is 4.82. The van der Waals surface area contributed by atoms with Crippen LogP contribution in [0, 0.1) is 0 Å². The normalized spacial score (nSPS) is 18.0. The fourth-order valence-electron chi connectivity index (χ4n) is 5.41. The second-order valence-electron chi connectivity index (χ2n) is 9.78. The highest BCUT2D eigenvalue weighted by molar-refractivity contribution is 5.29. The Morgan fingerprint density at radius 2 is 1.56 bits per heavy atom. The summed E-state index contributed by atoms with van der Waals surface area (Å²) >= 11 is 0. The van der Waals surface area contributed by atoms with Gasteiger partial charge in [-0.15, -0.1) is 10.2 Å². The molecular formula is C29H37N7. The Morgan fingerprint density at radius 1 is 0.861 bits per heavy atom. The lowest BCUT2D eigenvalue weighted by Gasteiger charge is -2.40. The Morgan fingerprint density at radius 3 is 2.22 bits per heavy atom. The first-order chi connectivity index (χ1) is 17.8. The van der Waals surface area contributed by atoms with Gasteiger partial charge in [-0.3, -0.25) is 9.80 Å². The largest absolute Gasteiger partial charge is 0.312 e. The summed E-state index contributed by atoms with van der Waals surface area (Å²) in [4.78, 5) is 5.28. The van der Waals surface area contributed by atoms with E-state index in [1.54, 1.807) is 6.20 Å². The molecule has 7 nitrogen and oxygen atoms in total. The Hall–Kier alpha value is -3.29. The molecule has 36 heavy (non-hydrogen) atoms. The highest BCUT2D eigenvalue weighted by Crippen LogP contribution is 2.26. The van der Waals surface area contributed by atoms with E-state index >= 15 is 0 Å². The molecule has 3 heterocycles. The second-order valence-corrected chi connectivity index (χ2v) is 9.78. The van der Waals surface area contributed by atoms with Crippen molar-refractivity contribution in [1.29, 1.82) is 0 Å². The van der Waals surface area contributed by atoms with Crippen LogP contribution in [-0.2, 0) is 6.54 Å². The SMILES string of the molecule is CC(c1nncn1Cc1ccccc1)N1CCN(C2CCCC2)CC1.c1ccc(-n2cccn2)cc1. The van der Waals surface area contributed by atoms with Crippen LogP contribution in [0.5, 0.6) is 0 Å². The monoisotopic (exact) mass is 483 g/mol. The molecule has 2 aromatic heterocycles. The molecule has 0 radical (unpaired) electrons. The standard InChI is InChI=1S/C20H29N5.C9H8N2/c1-17(23-11-13-24(14-12-23)19-9-5-6-10-19)20-22-21-16-25(20)15-18-7-3-2-4-8-18;1-2-5-9(6-3-1)11-8-4-7-10-11/h2-4,7-8,16-17,19H,5-6,9-15H2,1H3;1-8H. The van der Waals surface area contributed by atoms with Gasteiger partial charge in [-0.25, -0.2) is 4.68 Å². The molecule has 1 aliphatic carbocycles. The summed E-state index contributed by atoms with van der Waals surface area (Å²) in [6, 6.07) is 23.7. The van der Waals surface area contributed by atoms with E-state index in [4.69, 9.17) is 0 Å². The molecule has 1 unspecified atom stereocenters. The van der Waals surface area contributed by atoms with Crippen LogP contribution >= 0.6 is 0 Å². The summed E-state index contributed by atoms with van der Waals surface area (Å²) in [5.74, 6) is 1.08. The average Bonchev–Trinajstić information content (AvgIpc) is 3.74. The van der Waals surface area contributed by atoms with E-state index in [-0.39, 0.29) is 0 Å². The Balaban J connectivity index is 0.000000202. The van der Waals surface area contributed by atoms with Crippen molar-refractivity contribution in [2.75, 3.05) is 26.2 Å². The van der Waals surface area contributed by atoms with Crippen molar-refractivity contribution in [3.05, 3.63) is 96.8 Å². The molecule has 1 saturated heterocycles. The molecule has 2 fully saturated rings. The number of nitrogens with zero attached hydrogens (tertiary/aromatic N) is 7. The number of hydrogen-bond donors (Lipinski definition) is 0. The molecule has 0 spiro atoms. The lowest BCUT2D eigenvalue weighted by Crippen LogP contribution is -2.50. The summed E-state index contributed by atoms with van der Waals surface area (Å²) in [7, 11) is 0. The number of para-hydroxylation sites is 1. The average molecular weight is 484 g/mol. The minimum Gasteiger partial charge on any atom is -0.312 e. The first-order valence-electron chi connectivity index (χ1n) is 13.2. The smallest absolute Gasteiger partial charge is 0.150 e. The third-order valence-electron chi connectivity index (χ3n) is 7.48. The molecule has 1 atom stereocenters. The van der Waals surface area contributed by atoms with E-state index in [2.05, 4.69) is 66.9 Å². The lowest BCUT2D eigenvalue weighted by atomic mass is 10.1. The van der Waals surface area contributed by atoms with E-state index < -0.39 is 0 Å². The number of hydrogen-bond acceptors (Lipinski definition) is 5. The first kappa shape index (κ1) is 24.4. The molecule has 0 amide bonds. The van der Waals surface area contributed by atoms with Crippen LogP contribution in [-0.4, -0.2) is 66.6 Å². The zero-order chi connectivity index (χ0) is 24.6. The molecule has 1 saturated carbocycles. The van der Waals surface area contributed by atoms with Crippen molar-refractivity contribution in [2.24, 2.45) is 0 Å². The number of benzene rings is 2. The van der Waals surface area contributed by atoms with E-state index in [9.17, 15) is 0 Å². The topological polar surface area (TPSA) is 55.0 Å². The van der Waals surface area contributed by atoms with Gasteiger partial charge in [0.05, 0.1) is 18.3 Å². The van der Waals surface area contributed by atoms with Gasteiger partial charge in [-0.05, 0) is 43.5 Å². The molecule has 7 heteroatoms. The summed E-state index contributed by atoms with van der Waals surface area (Å²) in [6.45, 7) is 7.78. The summed E-state index contributed by atoms with van der Waals surface area (Å²) in [5, 5.41) is 12.7. The van der Waals surface area contributed by atoms with E-state index in [1.807, 2.05) is 53.6 Å². The van der Waals surface area contributed by atoms with Crippen LogP contribution in [0.25, 0.3) is 5.69 Å². The van der Waals surface area contributed by atoms with Gasteiger partial charge in [0.15, 0.2) is 0 Å². The van der Waals surface area contributed by atoms with Crippen molar-refractivity contribution in [2.45, 2.75) is 51.2 Å². The highest BCUT2D eigenvalue weighted by Gasteiger charge is 2.29. The molecule has 0 bridgehead atoms. The fraction of sp³-hybridized carbons (Fsp3) is 0.414. The van der Waals surface area contributed by atoms with E-state index in [0.717, 1.165) is 37.2 Å².